The number of carbonyl (C=O) groups is 1. The first-order chi connectivity index (χ1) is 8.19. The standard InChI is InChI=1S/C13H13BrN2O/c14-11-4-5-12(10(7-11)8-15)16-13(17)6-9-2-1-3-9/h4-5,7,9H,1-3,6H2,(H,16,17). The Morgan fingerprint density at radius 2 is 2.29 bits per heavy atom. The molecule has 0 atom stereocenters. The van der Waals surface area contributed by atoms with E-state index in [9.17, 15) is 4.79 Å². The minimum atomic E-state index is 0.00789. The number of hydrogen-bond donors (Lipinski definition) is 1. The van der Waals surface area contributed by atoms with Crippen LogP contribution >= 0.6 is 15.9 Å². The number of carbonyl (C=O) groups excluding carboxylic acids is 1. The molecule has 1 aromatic carbocycles. The van der Waals surface area contributed by atoms with Crippen LogP contribution in [-0.4, -0.2) is 5.91 Å². The summed E-state index contributed by atoms with van der Waals surface area (Å²) in [4.78, 5) is 11.7. The zero-order valence-corrected chi connectivity index (χ0v) is 11.0. The highest BCUT2D eigenvalue weighted by atomic mass is 79.9. The smallest absolute Gasteiger partial charge is 0.224 e. The van der Waals surface area contributed by atoms with E-state index in [1.807, 2.05) is 6.07 Å². The van der Waals surface area contributed by atoms with E-state index in [0.29, 0.717) is 23.6 Å². The van der Waals surface area contributed by atoms with E-state index in [1.54, 1.807) is 12.1 Å². The summed E-state index contributed by atoms with van der Waals surface area (Å²) in [5.74, 6) is 0.546. The van der Waals surface area contributed by atoms with Gasteiger partial charge in [0.1, 0.15) is 6.07 Å². The van der Waals surface area contributed by atoms with Gasteiger partial charge in [0, 0.05) is 10.9 Å². The van der Waals surface area contributed by atoms with Gasteiger partial charge in [-0.25, -0.2) is 0 Å². The maximum atomic E-state index is 11.7. The second kappa shape index (κ2) is 5.33. The van der Waals surface area contributed by atoms with Crippen LogP contribution in [0, 0.1) is 17.2 Å². The van der Waals surface area contributed by atoms with Crippen LogP contribution in [0.15, 0.2) is 22.7 Å². The summed E-state index contributed by atoms with van der Waals surface area (Å²) >= 11 is 3.30. The fourth-order valence-electron chi connectivity index (χ4n) is 1.88. The number of amides is 1. The molecule has 3 nitrogen and oxygen atoms in total. The first kappa shape index (κ1) is 12.1. The molecule has 88 valence electrons. The topological polar surface area (TPSA) is 52.9 Å². The van der Waals surface area contributed by atoms with E-state index < -0.39 is 0 Å². The van der Waals surface area contributed by atoms with Gasteiger partial charge < -0.3 is 5.32 Å². The van der Waals surface area contributed by atoms with Gasteiger partial charge in [-0.1, -0.05) is 22.4 Å². The predicted molar refractivity (Wildman–Crippen MR) is 69.4 cm³/mol. The Morgan fingerprint density at radius 3 is 2.88 bits per heavy atom. The Morgan fingerprint density at radius 1 is 1.53 bits per heavy atom. The molecule has 0 saturated heterocycles. The molecule has 0 unspecified atom stereocenters. The van der Waals surface area contributed by atoms with Gasteiger partial charge in [-0.15, -0.1) is 0 Å². The van der Waals surface area contributed by atoms with Crippen LogP contribution in [0.1, 0.15) is 31.2 Å². The second-order valence-electron chi connectivity index (χ2n) is 4.35. The lowest BCUT2D eigenvalue weighted by molar-refractivity contribution is -0.117. The van der Waals surface area contributed by atoms with Gasteiger partial charge in [-0.05, 0) is 37.0 Å². The van der Waals surface area contributed by atoms with Crippen LogP contribution in [0.2, 0.25) is 0 Å². The van der Waals surface area contributed by atoms with E-state index in [4.69, 9.17) is 5.26 Å². The van der Waals surface area contributed by atoms with Gasteiger partial charge in [0.25, 0.3) is 0 Å². The molecule has 2 rings (SSSR count). The first-order valence-electron chi connectivity index (χ1n) is 5.68. The van der Waals surface area contributed by atoms with E-state index in [0.717, 1.165) is 17.3 Å². The fourth-order valence-corrected chi connectivity index (χ4v) is 2.24. The maximum absolute atomic E-state index is 11.7. The van der Waals surface area contributed by atoms with E-state index in [1.165, 1.54) is 6.42 Å². The molecular formula is C13H13BrN2O. The molecule has 1 fully saturated rings. The maximum Gasteiger partial charge on any atom is 0.224 e. The van der Waals surface area contributed by atoms with Gasteiger partial charge in [0.15, 0.2) is 0 Å². The molecule has 1 aliphatic carbocycles. The van der Waals surface area contributed by atoms with Gasteiger partial charge in [-0.3, -0.25) is 4.79 Å². The van der Waals surface area contributed by atoms with E-state index in [-0.39, 0.29) is 5.91 Å². The Kier molecular flexibility index (Phi) is 3.80. The molecule has 1 N–H and O–H groups in total. The summed E-state index contributed by atoms with van der Waals surface area (Å²) in [6.45, 7) is 0. The van der Waals surface area contributed by atoms with E-state index >= 15 is 0 Å². The van der Waals surface area contributed by atoms with Crippen molar-refractivity contribution in [3.8, 4) is 6.07 Å². The third-order valence-electron chi connectivity index (χ3n) is 3.07. The van der Waals surface area contributed by atoms with Gasteiger partial charge >= 0.3 is 0 Å². The van der Waals surface area contributed by atoms with Crippen molar-refractivity contribution < 1.29 is 4.79 Å². The molecule has 0 radical (unpaired) electrons. The quantitative estimate of drug-likeness (QED) is 0.928. The second-order valence-corrected chi connectivity index (χ2v) is 5.27. The molecule has 1 amide bonds. The van der Waals surface area contributed by atoms with Crippen molar-refractivity contribution in [3.63, 3.8) is 0 Å². The van der Waals surface area contributed by atoms with Crippen molar-refractivity contribution in [2.24, 2.45) is 5.92 Å². The highest BCUT2D eigenvalue weighted by Crippen LogP contribution is 2.30. The van der Waals surface area contributed by atoms with Crippen LogP contribution in [0.5, 0.6) is 0 Å². The summed E-state index contributed by atoms with van der Waals surface area (Å²) in [6.07, 6.45) is 4.11. The number of anilines is 1. The average molecular weight is 293 g/mol. The molecule has 17 heavy (non-hydrogen) atoms. The SMILES string of the molecule is N#Cc1cc(Br)ccc1NC(=O)CC1CCC1. The molecule has 0 heterocycles. The molecule has 0 aliphatic heterocycles. The summed E-state index contributed by atoms with van der Waals surface area (Å²) in [6, 6.07) is 7.36. The van der Waals surface area contributed by atoms with Crippen molar-refractivity contribution in [3.05, 3.63) is 28.2 Å². The molecule has 0 bridgehead atoms. The lowest BCUT2D eigenvalue weighted by Crippen LogP contribution is -2.21. The molecule has 1 saturated carbocycles. The molecular weight excluding hydrogens is 280 g/mol. The normalized spacial score (nSPS) is 14.8. The van der Waals surface area contributed by atoms with Crippen molar-refractivity contribution in [1.29, 1.82) is 5.26 Å². The van der Waals surface area contributed by atoms with Crippen LogP contribution in [0.25, 0.3) is 0 Å². The van der Waals surface area contributed by atoms with Crippen molar-refractivity contribution in [2.75, 3.05) is 5.32 Å². The number of rotatable bonds is 3. The number of nitrogens with one attached hydrogen (secondary N) is 1. The predicted octanol–water partition coefficient (Wildman–Crippen LogP) is 3.45. The number of halogens is 1. The third-order valence-corrected chi connectivity index (χ3v) is 3.57. The molecule has 0 spiro atoms. The van der Waals surface area contributed by atoms with Crippen molar-refractivity contribution in [2.45, 2.75) is 25.7 Å². The lowest BCUT2D eigenvalue weighted by Gasteiger charge is -2.24. The molecule has 4 heteroatoms. The van der Waals surface area contributed by atoms with Gasteiger partial charge in [-0.2, -0.15) is 5.26 Å². The zero-order chi connectivity index (χ0) is 12.3. The number of benzene rings is 1. The van der Waals surface area contributed by atoms with Crippen LogP contribution in [0.4, 0.5) is 5.69 Å². The number of hydrogen-bond acceptors (Lipinski definition) is 2. The molecule has 1 aliphatic rings. The Hall–Kier alpha value is -1.34. The van der Waals surface area contributed by atoms with Crippen LogP contribution in [-0.2, 0) is 4.79 Å². The summed E-state index contributed by atoms with van der Waals surface area (Å²) in [7, 11) is 0. The van der Waals surface area contributed by atoms with Crippen LogP contribution in [0.3, 0.4) is 0 Å². The Bertz CT molecular complexity index is 475. The molecule has 0 aromatic heterocycles. The minimum absolute atomic E-state index is 0.00789. The number of nitrogens with zero attached hydrogens (tertiary/aromatic N) is 1. The summed E-state index contributed by atoms with van der Waals surface area (Å²) in [5.41, 5.74) is 1.08. The molecule has 1 aromatic rings. The van der Waals surface area contributed by atoms with Crippen molar-refractivity contribution in [1.82, 2.24) is 0 Å². The monoisotopic (exact) mass is 292 g/mol. The number of nitriles is 1. The Labute approximate surface area is 109 Å². The lowest BCUT2D eigenvalue weighted by atomic mass is 9.83. The highest BCUT2D eigenvalue weighted by Gasteiger charge is 2.20. The largest absolute Gasteiger partial charge is 0.325 e. The summed E-state index contributed by atoms with van der Waals surface area (Å²) in [5, 5.41) is 11.8. The highest BCUT2D eigenvalue weighted by molar-refractivity contribution is 9.10. The zero-order valence-electron chi connectivity index (χ0n) is 9.37. The fraction of sp³-hybridized carbons (Fsp3) is 0.385. The Balaban J connectivity index is 2.02. The average Bonchev–Trinajstić information content (AvgIpc) is 2.26. The van der Waals surface area contributed by atoms with E-state index in [2.05, 4.69) is 27.3 Å². The third kappa shape index (κ3) is 3.07. The minimum Gasteiger partial charge on any atom is -0.325 e. The summed E-state index contributed by atoms with van der Waals surface area (Å²) < 4.78 is 0.839. The van der Waals surface area contributed by atoms with Gasteiger partial charge in [0.2, 0.25) is 5.91 Å². The van der Waals surface area contributed by atoms with Crippen molar-refractivity contribution >= 4 is 27.5 Å². The van der Waals surface area contributed by atoms with Gasteiger partial charge in [0.05, 0.1) is 11.3 Å². The first-order valence-corrected chi connectivity index (χ1v) is 6.48. The van der Waals surface area contributed by atoms with Crippen LogP contribution < -0.4 is 5.32 Å².